The number of hydrogen-bond acceptors (Lipinski definition) is 5. The zero-order chi connectivity index (χ0) is 16.2. The molecule has 2 aliphatic heterocycles. The molecule has 23 heavy (non-hydrogen) atoms. The highest BCUT2D eigenvalue weighted by molar-refractivity contribution is 6.30. The first-order valence-corrected chi connectivity index (χ1v) is 8.43. The zero-order valence-electron chi connectivity index (χ0n) is 13.1. The van der Waals surface area contributed by atoms with Crippen molar-refractivity contribution >= 4 is 17.5 Å². The van der Waals surface area contributed by atoms with Crippen LogP contribution in [0.5, 0.6) is 5.75 Å². The summed E-state index contributed by atoms with van der Waals surface area (Å²) in [4.78, 5) is 12.4. The van der Waals surface area contributed by atoms with Crippen LogP contribution in [0.1, 0.15) is 13.3 Å². The highest BCUT2D eigenvalue weighted by Gasteiger charge is 2.40. The average Bonchev–Trinajstić information content (AvgIpc) is 2.97. The molecule has 126 valence electrons. The van der Waals surface area contributed by atoms with Crippen molar-refractivity contribution in [3.63, 3.8) is 0 Å². The topological polar surface area (TPSA) is 74.4 Å². The van der Waals surface area contributed by atoms with Crippen LogP contribution in [0.2, 0.25) is 5.02 Å². The average molecular weight is 339 g/mol. The maximum Gasteiger partial charge on any atom is 0.239 e. The van der Waals surface area contributed by atoms with Crippen molar-refractivity contribution in [2.24, 2.45) is 5.92 Å². The molecule has 4 unspecified atom stereocenters. The molecule has 0 bridgehead atoms. The maximum absolute atomic E-state index is 12.4. The number of nitrogens with one attached hydrogen (secondary N) is 4. The Morgan fingerprint density at radius 1 is 1.48 bits per heavy atom. The van der Waals surface area contributed by atoms with Crippen LogP contribution < -0.4 is 26.2 Å². The Hall–Kier alpha value is -1.34. The van der Waals surface area contributed by atoms with Crippen LogP contribution in [-0.2, 0) is 4.79 Å². The third-order valence-corrected chi connectivity index (χ3v) is 4.60. The van der Waals surface area contributed by atoms with Crippen molar-refractivity contribution in [2.45, 2.75) is 31.5 Å². The number of carbonyl (C=O) groups excluding carboxylic acids is 1. The molecule has 3 rings (SSSR count). The van der Waals surface area contributed by atoms with Crippen LogP contribution in [0.25, 0.3) is 0 Å². The van der Waals surface area contributed by atoms with E-state index in [0.717, 1.165) is 19.5 Å². The lowest BCUT2D eigenvalue weighted by atomic mass is 9.89. The Kier molecular flexibility index (Phi) is 5.38. The molecule has 7 heteroatoms. The Morgan fingerprint density at radius 2 is 2.35 bits per heavy atom. The summed E-state index contributed by atoms with van der Waals surface area (Å²) in [5, 5.41) is 6.95. The molecule has 0 spiro atoms. The quantitative estimate of drug-likeness (QED) is 0.635. The van der Waals surface area contributed by atoms with Gasteiger partial charge in [0, 0.05) is 23.5 Å². The van der Waals surface area contributed by atoms with Gasteiger partial charge in [-0.25, -0.2) is 5.43 Å². The minimum atomic E-state index is -0.203. The van der Waals surface area contributed by atoms with E-state index < -0.39 is 0 Å². The predicted octanol–water partition coefficient (Wildman–Crippen LogP) is 0.678. The smallest absolute Gasteiger partial charge is 0.239 e. The minimum Gasteiger partial charge on any atom is -0.489 e. The Morgan fingerprint density at radius 3 is 3.17 bits per heavy atom. The lowest BCUT2D eigenvalue weighted by Gasteiger charge is -2.27. The molecule has 2 heterocycles. The van der Waals surface area contributed by atoms with Gasteiger partial charge < -0.3 is 15.4 Å². The molecule has 4 atom stereocenters. The molecule has 2 fully saturated rings. The summed E-state index contributed by atoms with van der Waals surface area (Å²) in [6.07, 6.45) is 0.905. The number of hydrogen-bond donors (Lipinski definition) is 4. The highest BCUT2D eigenvalue weighted by Crippen LogP contribution is 2.20. The van der Waals surface area contributed by atoms with Crippen molar-refractivity contribution < 1.29 is 9.53 Å². The number of hydrazine groups is 1. The lowest BCUT2D eigenvalue weighted by Crippen LogP contribution is -2.50. The summed E-state index contributed by atoms with van der Waals surface area (Å²) in [6, 6.07) is 7.42. The van der Waals surface area contributed by atoms with Crippen molar-refractivity contribution in [3.05, 3.63) is 29.3 Å². The zero-order valence-corrected chi connectivity index (χ0v) is 13.9. The van der Waals surface area contributed by atoms with Crippen LogP contribution in [-0.4, -0.2) is 43.7 Å². The third-order valence-electron chi connectivity index (χ3n) is 4.36. The number of ether oxygens (including phenoxy) is 1. The van der Waals surface area contributed by atoms with E-state index in [2.05, 4.69) is 21.5 Å². The molecule has 0 aliphatic carbocycles. The molecule has 1 aromatic rings. The normalized spacial score (nSPS) is 28.0. The van der Waals surface area contributed by atoms with Crippen molar-refractivity contribution in [1.29, 1.82) is 0 Å². The third kappa shape index (κ3) is 4.14. The minimum absolute atomic E-state index is 0.00949. The van der Waals surface area contributed by atoms with E-state index in [1.54, 1.807) is 12.1 Å². The molecule has 2 aliphatic rings. The number of rotatable bonds is 5. The van der Waals surface area contributed by atoms with E-state index >= 15 is 0 Å². The summed E-state index contributed by atoms with van der Waals surface area (Å²) < 4.78 is 5.77. The summed E-state index contributed by atoms with van der Waals surface area (Å²) in [6.45, 7) is 4.23. The number of piperidine rings is 1. The number of benzene rings is 1. The molecule has 1 aromatic carbocycles. The number of halogens is 1. The van der Waals surface area contributed by atoms with Gasteiger partial charge in [-0.15, -0.1) is 0 Å². The van der Waals surface area contributed by atoms with Gasteiger partial charge in [0.1, 0.15) is 17.9 Å². The van der Waals surface area contributed by atoms with Crippen LogP contribution in [0.4, 0.5) is 0 Å². The van der Waals surface area contributed by atoms with Gasteiger partial charge in [-0.05, 0) is 38.1 Å². The van der Waals surface area contributed by atoms with Gasteiger partial charge in [-0.2, -0.15) is 0 Å². The van der Waals surface area contributed by atoms with Gasteiger partial charge in [-0.3, -0.25) is 10.2 Å². The van der Waals surface area contributed by atoms with Crippen LogP contribution in [0.3, 0.4) is 0 Å². The van der Waals surface area contributed by atoms with Crippen LogP contribution in [0, 0.1) is 5.92 Å². The monoisotopic (exact) mass is 338 g/mol. The molecule has 6 nitrogen and oxygen atoms in total. The standard InChI is InChI=1S/C16H23ClN4O2/c1-10(23-12-4-2-3-11(17)7-12)8-19-16(22)15-13-9-18-6-5-14(13)20-21-15/h2-4,7,10,13-15,18,20-21H,5-6,8-9H2,1H3,(H,19,22). The highest BCUT2D eigenvalue weighted by atomic mass is 35.5. The second-order valence-electron chi connectivity index (χ2n) is 6.16. The predicted molar refractivity (Wildman–Crippen MR) is 89.4 cm³/mol. The summed E-state index contributed by atoms with van der Waals surface area (Å²) in [5.74, 6) is 1.000. The molecular weight excluding hydrogens is 316 g/mol. The fourth-order valence-corrected chi connectivity index (χ4v) is 3.32. The second kappa shape index (κ2) is 7.49. The fraction of sp³-hybridized carbons (Fsp3) is 0.562. The molecule has 0 aromatic heterocycles. The molecule has 0 radical (unpaired) electrons. The Bertz CT molecular complexity index is 557. The summed E-state index contributed by atoms with van der Waals surface area (Å²) in [7, 11) is 0. The van der Waals surface area contributed by atoms with E-state index in [9.17, 15) is 4.79 Å². The maximum atomic E-state index is 12.4. The van der Waals surface area contributed by atoms with Crippen LogP contribution >= 0.6 is 11.6 Å². The van der Waals surface area contributed by atoms with E-state index in [1.165, 1.54) is 0 Å². The lowest BCUT2D eigenvalue weighted by molar-refractivity contribution is -0.124. The Labute approximate surface area is 141 Å². The second-order valence-corrected chi connectivity index (χ2v) is 6.60. The first-order valence-electron chi connectivity index (χ1n) is 8.05. The SMILES string of the molecule is CC(CNC(=O)C1NNC2CCNCC21)Oc1cccc(Cl)c1. The van der Waals surface area contributed by atoms with Gasteiger partial charge in [0.05, 0.1) is 6.54 Å². The Balaban J connectivity index is 1.47. The van der Waals surface area contributed by atoms with E-state index in [4.69, 9.17) is 16.3 Å². The van der Waals surface area contributed by atoms with Gasteiger partial charge in [0.2, 0.25) is 5.91 Å². The molecule has 2 saturated heterocycles. The van der Waals surface area contributed by atoms with E-state index in [0.29, 0.717) is 23.4 Å². The van der Waals surface area contributed by atoms with Crippen molar-refractivity contribution in [2.75, 3.05) is 19.6 Å². The summed E-state index contributed by atoms with van der Waals surface area (Å²) >= 11 is 5.94. The van der Waals surface area contributed by atoms with Gasteiger partial charge in [0.15, 0.2) is 0 Å². The van der Waals surface area contributed by atoms with E-state index in [-0.39, 0.29) is 24.0 Å². The van der Waals surface area contributed by atoms with Gasteiger partial charge >= 0.3 is 0 Å². The van der Waals surface area contributed by atoms with Gasteiger partial charge in [0.25, 0.3) is 0 Å². The molecule has 1 amide bonds. The first kappa shape index (κ1) is 16.5. The molecule has 0 saturated carbocycles. The first-order chi connectivity index (χ1) is 11.1. The van der Waals surface area contributed by atoms with Crippen molar-refractivity contribution in [1.82, 2.24) is 21.5 Å². The number of fused-ring (bicyclic) bond motifs is 1. The van der Waals surface area contributed by atoms with E-state index in [1.807, 2.05) is 19.1 Å². The van der Waals surface area contributed by atoms with Crippen molar-refractivity contribution in [3.8, 4) is 5.75 Å². The fourth-order valence-electron chi connectivity index (χ4n) is 3.14. The molecular formula is C16H23ClN4O2. The largest absolute Gasteiger partial charge is 0.489 e. The summed E-state index contributed by atoms with van der Waals surface area (Å²) in [5.41, 5.74) is 6.35. The number of carbonyl (C=O) groups is 1. The van der Waals surface area contributed by atoms with Gasteiger partial charge in [-0.1, -0.05) is 17.7 Å². The number of amides is 1. The van der Waals surface area contributed by atoms with Crippen LogP contribution in [0.15, 0.2) is 24.3 Å². The molecule has 4 N–H and O–H groups in total.